The van der Waals surface area contributed by atoms with E-state index in [-0.39, 0.29) is 5.91 Å². The lowest BCUT2D eigenvalue weighted by Gasteiger charge is -2.31. The van der Waals surface area contributed by atoms with Crippen molar-refractivity contribution in [2.45, 2.75) is 13.5 Å². The summed E-state index contributed by atoms with van der Waals surface area (Å²) < 4.78 is 16.4. The molecule has 2 aromatic rings. The van der Waals surface area contributed by atoms with Gasteiger partial charge in [-0.25, -0.2) is 0 Å². The summed E-state index contributed by atoms with van der Waals surface area (Å²) in [6.07, 6.45) is 3.82. The van der Waals surface area contributed by atoms with Crippen LogP contribution in [0.4, 0.5) is 5.69 Å². The number of benzene rings is 2. The number of methoxy groups -OCH3 is 2. The van der Waals surface area contributed by atoms with Gasteiger partial charge in [-0.3, -0.25) is 4.79 Å². The van der Waals surface area contributed by atoms with Crippen molar-refractivity contribution in [1.82, 2.24) is 4.90 Å². The second-order valence-corrected chi connectivity index (χ2v) is 7.19. The van der Waals surface area contributed by atoms with E-state index in [9.17, 15) is 4.79 Å². The molecule has 160 valence electrons. The number of anilines is 1. The highest BCUT2D eigenvalue weighted by molar-refractivity contribution is 5.96. The molecule has 6 nitrogen and oxygen atoms in total. The smallest absolute Gasteiger partial charge is 0.254 e. The van der Waals surface area contributed by atoms with Crippen LogP contribution in [0.3, 0.4) is 0 Å². The van der Waals surface area contributed by atoms with Crippen LogP contribution in [0, 0.1) is 0 Å². The van der Waals surface area contributed by atoms with Crippen molar-refractivity contribution in [2.75, 3.05) is 52.5 Å². The van der Waals surface area contributed by atoms with Crippen LogP contribution >= 0.6 is 0 Å². The van der Waals surface area contributed by atoms with Crippen LogP contribution in [-0.2, 0) is 11.3 Å². The lowest BCUT2D eigenvalue weighted by molar-refractivity contribution is 0.0784. The Bertz CT molecular complexity index is 904. The monoisotopic (exact) mass is 410 g/mol. The SMILES string of the molecule is C/C=C/c1cc(C(=O)N(C)Cc2ccccc2N2CCOCC2)cc(OC)c1OC. The molecule has 3 rings (SSSR count). The first kappa shape index (κ1) is 21.7. The number of hydrogen-bond donors (Lipinski definition) is 0. The first-order valence-electron chi connectivity index (χ1n) is 10.1. The fraction of sp³-hybridized carbons (Fsp3) is 0.375. The van der Waals surface area contributed by atoms with Crippen molar-refractivity contribution in [3.8, 4) is 11.5 Å². The second-order valence-electron chi connectivity index (χ2n) is 7.19. The van der Waals surface area contributed by atoms with Crippen LogP contribution in [0.2, 0.25) is 0 Å². The number of hydrogen-bond acceptors (Lipinski definition) is 5. The molecular weight excluding hydrogens is 380 g/mol. The normalized spacial score (nSPS) is 14.1. The Labute approximate surface area is 178 Å². The molecule has 2 aromatic carbocycles. The number of nitrogens with zero attached hydrogens (tertiary/aromatic N) is 2. The van der Waals surface area contributed by atoms with Crippen molar-refractivity contribution >= 4 is 17.7 Å². The molecule has 1 fully saturated rings. The molecule has 1 heterocycles. The topological polar surface area (TPSA) is 51.2 Å². The Hall–Kier alpha value is -2.99. The van der Waals surface area contributed by atoms with E-state index in [2.05, 4.69) is 17.0 Å². The number of carbonyl (C=O) groups excluding carboxylic acids is 1. The third-order valence-corrected chi connectivity index (χ3v) is 5.20. The summed E-state index contributed by atoms with van der Waals surface area (Å²) in [5, 5.41) is 0. The molecule has 0 aliphatic carbocycles. The second kappa shape index (κ2) is 10.2. The molecule has 1 amide bonds. The molecule has 30 heavy (non-hydrogen) atoms. The molecule has 0 N–H and O–H groups in total. The van der Waals surface area contributed by atoms with Crippen molar-refractivity contribution in [2.24, 2.45) is 0 Å². The summed E-state index contributed by atoms with van der Waals surface area (Å²) in [6.45, 7) is 5.60. The number of rotatable bonds is 7. The predicted octanol–water partition coefficient (Wildman–Crippen LogP) is 3.85. The maximum Gasteiger partial charge on any atom is 0.254 e. The molecule has 6 heteroatoms. The van der Waals surface area contributed by atoms with Gasteiger partial charge in [-0.05, 0) is 30.7 Å². The number of amides is 1. The molecule has 1 saturated heterocycles. The van der Waals surface area contributed by atoms with Crippen molar-refractivity contribution in [3.05, 3.63) is 59.2 Å². The zero-order chi connectivity index (χ0) is 21.5. The van der Waals surface area contributed by atoms with Gasteiger partial charge in [0.2, 0.25) is 0 Å². The minimum atomic E-state index is -0.0708. The van der Waals surface area contributed by atoms with Gasteiger partial charge in [-0.2, -0.15) is 0 Å². The first-order valence-corrected chi connectivity index (χ1v) is 10.1. The third kappa shape index (κ3) is 4.76. The highest BCUT2D eigenvalue weighted by atomic mass is 16.5. The minimum absolute atomic E-state index is 0.0708. The Morgan fingerprint density at radius 3 is 2.57 bits per heavy atom. The van der Waals surface area contributed by atoms with Crippen LogP contribution in [0.15, 0.2) is 42.5 Å². The van der Waals surface area contributed by atoms with Gasteiger partial charge in [0.25, 0.3) is 5.91 Å². The van der Waals surface area contributed by atoms with E-state index >= 15 is 0 Å². The predicted molar refractivity (Wildman–Crippen MR) is 120 cm³/mol. The maximum atomic E-state index is 13.2. The summed E-state index contributed by atoms with van der Waals surface area (Å²) in [5.41, 5.74) is 3.64. The van der Waals surface area contributed by atoms with Gasteiger partial charge in [-0.15, -0.1) is 0 Å². The fourth-order valence-electron chi connectivity index (χ4n) is 3.73. The molecule has 0 unspecified atom stereocenters. The highest BCUT2D eigenvalue weighted by Gasteiger charge is 2.20. The van der Waals surface area contributed by atoms with E-state index in [1.807, 2.05) is 44.3 Å². The van der Waals surface area contributed by atoms with Gasteiger partial charge in [0.1, 0.15) is 0 Å². The van der Waals surface area contributed by atoms with E-state index in [0.29, 0.717) is 23.6 Å². The van der Waals surface area contributed by atoms with Crippen molar-refractivity contribution in [1.29, 1.82) is 0 Å². The van der Waals surface area contributed by atoms with Gasteiger partial charge >= 0.3 is 0 Å². The van der Waals surface area contributed by atoms with Crippen LogP contribution in [0.1, 0.15) is 28.4 Å². The summed E-state index contributed by atoms with van der Waals surface area (Å²) >= 11 is 0. The number of allylic oxidation sites excluding steroid dienone is 1. The third-order valence-electron chi connectivity index (χ3n) is 5.20. The highest BCUT2D eigenvalue weighted by Crippen LogP contribution is 2.34. The largest absolute Gasteiger partial charge is 0.493 e. The molecule has 0 radical (unpaired) electrons. The van der Waals surface area contributed by atoms with E-state index in [4.69, 9.17) is 14.2 Å². The fourth-order valence-corrected chi connectivity index (χ4v) is 3.73. The van der Waals surface area contributed by atoms with E-state index in [1.165, 1.54) is 0 Å². The van der Waals surface area contributed by atoms with Gasteiger partial charge in [0.15, 0.2) is 11.5 Å². The van der Waals surface area contributed by atoms with Gasteiger partial charge in [0, 0.05) is 43.5 Å². The zero-order valence-corrected chi connectivity index (χ0v) is 18.2. The molecule has 1 aliphatic heterocycles. The number of para-hydroxylation sites is 1. The van der Waals surface area contributed by atoms with Gasteiger partial charge in [-0.1, -0.05) is 30.4 Å². The quantitative estimate of drug-likeness (QED) is 0.694. The Kier molecular flexibility index (Phi) is 7.36. The van der Waals surface area contributed by atoms with E-state index in [0.717, 1.165) is 43.1 Å². The lowest BCUT2D eigenvalue weighted by atomic mass is 10.1. The van der Waals surface area contributed by atoms with Crippen molar-refractivity contribution < 1.29 is 19.0 Å². The molecule has 0 aromatic heterocycles. The Balaban J connectivity index is 1.86. The average molecular weight is 411 g/mol. The van der Waals surface area contributed by atoms with Crippen LogP contribution in [0.25, 0.3) is 6.08 Å². The molecular formula is C24H30N2O4. The first-order chi connectivity index (χ1) is 14.6. The summed E-state index contributed by atoms with van der Waals surface area (Å²) in [5.74, 6) is 1.09. The summed E-state index contributed by atoms with van der Waals surface area (Å²) in [4.78, 5) is 17.3. The number of morpholine rings is 1. The summed E-state index contributed by atoms with van der Waals surface area (Å²) in [6, 6.07) is 11.8. The van der Waals surface area contributed by atoms with Gasteiger partial charge < -0.3 is 24.0 Å². The molecule has 1 aliphatic rings. The zero-order valence-electron chi connectivity index (χ0n) is 18.2. The Morgan fingerprint density at radius 2 is 1.90 bits per heavy atom. The minimum Gasteiger partial charge on any atom is -0.493 e. The van der Waals surface area contributed by atoms with Crippen LogP contribution in [0.5, 0.6) is 11.5 Å². The number of carbonyl (C=O) groups is 1. The molecule has 0 spiro atoms. The lowest BCUT2D eigenvalue weighted by Crippen LogP contribution is -2.37. The maximum absolute atomic E-state index is 13.2. The van der Waals surface area contributed by atoms with Crippen LogP contribution in [-0.4, -0.2) is 58.4 Å². The van der Waals surface area contributed by atoms with E-state index < -0.39 is 0 Å². The molecule has 0 saturated carbocycles. The average Bonchev–Trinajstić information content (AvgIpc) is 2.79. The van der Waals surface area contributed by atoms with Gasteiger partial charge in [0.05, 0.1) is 27.4 Å². The summed E-state index contributed by atoms with van der Waals surface area (Å²) in [7, 11) is 5.00. The Morgan fingerprint density at radius 1 is 1.17 bits per heavy atom. The molecule has 0 atom stereocenters. The van der Waals surface area contributed by atoms with E-state index in [1.54, 1.807) is 25.2 Å². The number of ether oxygens (including phenoxy) is 3. The molecule has 0 bridgehead atoms. The standard InChI is InChI=1S/C24H30N2O4/c1-5-8-18-15-20(16-22(28-3)23(18)29-4)24(27)25(2)17-19-9-6-7-10-21(19)26-11-13-30-14-12-26/h5-10,15-16H,11-14,17H2,1-4H3/b8-5+. The van der Waals surface area contributed by atoms with Crippen molar-refractivity contribution in [3.63, 3.8) is 0 Å². The van der Waals surface area contributed by atoms with Crippen LogP contribution < -0.4 is 14.4 Å².